The molecule has 10 heteroatoms. The summed E-state index contributed by atoms with van der Waals surface area (Å²) in [6.07, 6.45) is 0.351. The van der Waals surface area contributed by atoms with Gasteiger partial charge in [0.15, 0.2) is 16.4 Å². The first-order valence-electron chi connectivity index (χ1n) is 7.02. The number of methoxy groups -OCH3 is 1. The van der Waals surface area contributed by atoms with Gasteiger partial charge in [-0.05, 0) is 12.5 Å². The molecule has 0 unspecified atom stereocenters. The fourth-order valence-corrected chi connectivity index (χ4v) is 4.12. The molecule has 132 valence electrons. The van der Waals surface area contributed by atoms with Gasteiger partial charge in [0.05, 0.1) is 29.3 Å². The first kappa shape index (κ1) is 18.3. The van der Waals surface area contributed by atoms with Crippen molar-refractivity contribution < 1.29 is 27.5 Å². The minimum atomic E-state index is -3.10. The van der Waals surface area contributed by atoms with E-state index < -0.39 is 34.4 Å². The summed E-state index contributed by atoms with van der Waals surface area (Å²) in [5.74, 6) is -1.27. The summed E-state index contributed by atoms with van der Waals surface area (Å²) >= 11 is 5.87. The van der Waals surface area contributed by atoms with Crippen LogP contribution in [0.3, 0.4) is 0 Å². The molecule has 0 aromatic heterocycles. The second-order valence-corrected chi connectivity index (χ2v) is 7.95. The van der Waals surface area contributed by atoms with E-state index in [2.05, 4.69) is 5.32 Å². The summed E-state index contributed by atoms with van der Waals surface area (Å²) in [6.45, 7) is -0.541. The Hall–Kier alpha value is -2.00. The van der Waals surface area contributed by atoms with E-state index in [1.807, 2.05) is 0 Å². The van der Waals surface area contributed by atoms with Gasteiger partial charge in [-0.2, -0.15) is 0 Å². The maximum atomic E-state index is 12.1. The van der Waals surface area contributed by atoms with Crippen molar-refractivity contribution in [2.75, 3.05) is 31.0 Å². The van der Waals surface area contributed by atoms with E-state index in [1.165, 1.54) is 19.2 Å². The van der Waals surface area contributed by atoms with Crippen molar-refractivity contribution in [3.05, 3.63) is 22.7 Å². The molecule has 1 atom stereocenters. The Morgan fingerprint density at radius 2 is 2.12 bits per heavy atom. The number of nitrogen functional groups attached to an aromatic ring is 1. The molecular formula is C14H17ClN2O6S. The van der Waals surface area contributed by atoms with Gasteiger partial charge in [-0.1, -0.05) is 11.6 Å². The molecule has 1 saturated heterocycles. The maximum Gasteiger partial charge on any atom is 0.342 e. The van der Waals surface area contributed by atoms with E-state index in [4.69, 9.17) is 26.8 Å². The number of nitrogens with one attached hydrogen (secondary N) is 1. The zero-order valence-corrected chi connectivity index (χ0v) is 14.4. The largest absolute Gasteiger partial charge is 0.496 e. The van der Waals surface area contributed by atoms with E-state index in [-0.39, 0.29) is 33.5 Å². The first-order chi connectivity index (χ1) is 11.2. The zero-order valence-electron chi connectivity index (χ0n) is 12.9. The molecule has 1 aromatic carbocycles. The SMILES string of the molecule is COc1cc(N)c(Cl)cc1C(=O)OCC(=O)N[C@@H]1CCS(=O)(=O)C1. The van der Waals surface area contributed by atoms with Crippen LogP contribution in [0.4, 0.5) is 5.69 Å². The molecule has 0 aliphatic carbocycles. The number of amides is 1. The average Bonchev–Trinajstić information content (AvgIpc) is 2.85. The lowest BCUT2D eigenvalue weighted by atomic mass is 10.2. The third-order valence-electron chi connectivity index (χ3n) is 3.47. The average molecular weight is 377 g/mol. The number of carbonyl (C=O) groups is 2. The third kappa shape index (κ3) is 4.51. The molecule has 1 aliphatic heterocycles. The van der Waals surface area contributed by atoms with E-state index in [0.29, 0.717) is 6.42 Å². The van der Waals surface area contributed by atoms with Gasteiger partial charge in [0.25, 0.3) is 5.91 Å². The lowest BCUT2D eigenvalue weighted by Gasteiger charge is -2.12. The Balaban J connectivity index is 1.93. The molecule has 1 amide bonds. The fourth-order valence-electron chi connectivity index (χ4n) is 2.28. The van der Waals surface area contributed by atoms with Gasteiger partial charge in [0, 0.05) is 12.1 Å². The van der Waals surface area contributed by atoms with E-state index >= 15 is 0 Å². The molecule has 1 fully saturated rings. The number of sulfone groups is 1. The van der Waals surface area contributed by atoms with Crippen LogP contribution in [0.25, 0.3) is 0 Å². The Kier molecular flexibility index (Phi) is 5.55. The number of nitrogens with two attached hydrogens (primary N) is 1. The van der Waals surface area contributed by atoms with E-state index in [9.17, 15) is 18.0 Å². The highest BCUT2D eigenvalue weighted by Gasteiger charge is 2.29. The van der Waals surface area contributed by atoms with Crippen molar-refractivity contribution in [2.24, 2.45) is 0 Å². The number of carbonyl (C=O) groups excluding carboxylic acids is 2. The highest BCUT2D eigenvalue weighted by Crippen LogP contribution is 2.29. The minimum Gasteiger partial charge on any atom is -0.496 e. The molecule has 1 aromatic rings. The lowest BCUT2D eigenvalue weighted by Crippen LogP contribution is -2.38. The predicted octanol–water partition coefficient (Wildman–Crippen LogP) is 0.391. The monoisotopic (exact) mass is 376 g/mol. The number of hydrogen-bond acceptors (Lipinski definition) is 7. The van der Waals surface area contributed by atoms with Gasteiger partial charge < -0.3 is 20.5 Å². The fraction of sp³-hybridized carbons (Fsp3) is 0.429. The Bertz CT molecular complexity index is 765. The van der Waals surface area contributed by atoms with Crippen molar-refractivity contribution in [3.63, 3.8) is 0 Å². The highest BCUT2D eigenvalue weighted by atomic mass is 35.5. The zero-order chi connectivity index (χ0) is 17.9. The van der Waals surface area contributed by atoms with Crippen molar-refractivity contribution >= 4 is 39.0 Å². The second-order valence-electron chi connectivity index (χ2n) is 5.32. The van der Waals surface area contributed by atoms with Crippen LogP contribution < -0.4 is 15.8 Å². The van der Waals surface area contributed by atoms with Crippen molar-refractivity contribution in [3.8, 4) is 5.75 Å². The van der Waals surface area contributed by atoms with Crippen LogP contribution in [0.5, 0.6) is 5.75 Å². The number of ether oxygens (including phenoxy) is 2. The number of anilines is 1. The van der Waals surface area contributed by atoms with E-state index in [0.717, 1.165) is 0 Å². The molecule has 1 heterocycles. The number of benzene rings is 1. The normalized spacial score (nSPS) is 18.8. The van der Waals surface area contributed by atoms with Gasteiger partial charge in [0.2, 0.25) is 0 Å². The van der Waals surface area contributed by atoms with Crippen LogP contribution in [0.2, 0.25) is 5.02 Å². The van der Waals surface area contributed by atoms with Crippen LogP contribution >= 0.6 is 11.6 Å². The molecule has 2 rings (SSSR count). The Labute approximate surface area is 144 Å². The Morgan fingerprint density at radius 3 is 2.71 bits per heavy atom. The number of hydrogen-bond donors (Lipinski definition) is 2. The van der Waals surface area contributed by atoms with Gasteiger partial charge in [-0.25, -0.2) is 13.2 Å². The number of rotatable bonds is 5. The first-order valence-corrected chi connectivity index (χ1v) is 9.21. The predicted molar refractivity (Wildman–Crippen MR) is 87.9 cm³/mol. The minimum absolute atomic E-state index is 0.0351. The quantitative estimate of drug-likeness (QED) is 0.562. The Morgan fingerprint density at radius 1 is 1.42 bits per heavy atom. The van der Waals surface area contributed by atoms with Crippen molar-refractivity contribution in [1.29, 1.82) is 0 Å². The summed E-state index contributed by atoms with van der Waals surface area (Å²) in [7, 11) is -1.74. The van der Waals surface area contributed by atoms with Crippen LogP contribution in [0, 0.1) is 0 Å². The van der Waals surface area contributed by atoms with Gasteiger partial charge in [0.1, 0.15) is 11.3 Å². The highest BCUT2D eigenvalue weighted by molar-refractivity contribution is 7.91. The third-order valence-corrected chi connectivity index (χ3v) is 5.57. The molecule has 8 nitrogen and oxygen atoms in total. The van der Waals surface area contributed by atoms with Gasteiger partial charge in [-0.15, -0.1) is 0 Å². The summed E-state index contributed by atoms with van der Waals surface area (Å²) in [5.41, 5.74) is 5.90. The molecular weight excluding hydrogens is 360 g/mol. The standard InChI is InChI=1S/C14H17ClN2O6S/c1-22-12-5-11(16)10(15)4-9(12)14(19)23-6-13(18)17-8-2-3-24(20,21)7-8/h4-5,8H,2-3,6-7,16H2,1H3,(H,17,18)/t8-/m1/s1. The molecule has 1 aliphatic rings. The van der Waals surface area contributed by atoms with E-state index in [1.54, 1.807) is 0 Å². The number of halogens is 1. The van der Waals surface area contributed by atoms with Crippen molar-refractivity contribution in [2.45, 2.75) is 12.5 Å². The van der Waals surface area contributed by atoms with Crippen molar-refractivity contribution in [1.82, 2.24) is 5.32 Å². The van der Waals surface area contributed by atoms with Crippen LogP contribution in [-0.4, -0.2) is 51.6 Å². The lowest BCUT2D eigenvalue weighted by molar-refractivity contribution is -0.124. The van der Waals surface area contributed by atoms with Crippen LogP contribution in [0.15, 0.2) is 12.1 Å². The maximum absolute atomic E-state index is 12.1. The molecule has 0 bridgehead atoms. The van der Waals surface area contributed by atoms with Gasteiger partial charge in [-0.3, -0.25) is 4.79 Å². The summed E-state index contributed by atoms with van der Waals surface area (Å²) in [6, 6.07) is 2.21. The molecule has 0 radical (unpaired) electrons. The van der Waals surface area contributed by atoms with Crippen LogP contribution in [-0.2, 0) is 19.4 Å². The second kappa shape index (κ2) is 7.27. The molecule has 24 heavy (non-hydrogen) atoms. The molecule has 3 N–H and O–H groups in total. The summed E-state index contributed by atoms with van der Waals surface area (Å²) in [5, 5.41) is 2.67. The molecule has 0 saturated carbocycles. The smallest absolute Gasteiger partial charge is 0.342 e. The van der Waals surface area contributed by atoms with Crippen LogP contribution in [0.1, 0.15) is 16.8 Å². The van der Waals surface area contributed by atoms with Gasteiger partial charge >= 0.3 is 5.97 Å². The topological polar surface area (TPSA) is 125 Å². The summed E-state index contributed by atoms with van der Waals surface area (Å²) < 4.78 is 32.6. The summed E-state index contributed by atoms with van der Waals surface area (Å²) in [4.78, 5) is 23.8. The number of esters is 1. The molecule has 0 spiro atoms.